The Balaban J connectivity index is 3.03. The molecule has 0 saturated heterocycles. The van der Waals surface area contributed by atoms with Crippen molar-refractivity contribution in [2.45, 2.75) is 52.1 Å². The van der Waals surface area contributed by atoms with Gasteiger partial charge in [0.25, 0.3) is 0 Å². The van der Waals surface area contributed by atoms with Gasteiger partial charge in [-0.25, -0.2) is 4.98 Å². The van der Waals surface area contributed by atoms with Crippen LogP contribution in [0.1, 0.15) is 49.4 Å². The molecule has 3 nitrogen and oxygen atoms in total. The fraction of sp³-hybridized carbons (Fsp3) is 0.750. The zero-order valence-corrected chi connectivity index (χ0v) is 12.5. The molecule has 1 heterocycles. The first-order valence-electron chi connectivity index (χ1n) is 5.89. The molecule has 0 aromatic carbocycles. The van der Waals surface area contributed by atoms with Crippen LogP contribution in [0.3, 0.4) is 0 Å². The highest BCUT2D eigenvalue weighted by Gasteiger charge is 2.38. The summed E-state index contributed by atoms with van der Waals surface area (Å²) in [5, 5.41) is 3.40. The number of ether oxygens (including phenoxy) is 1. The molecule has 110 valence electrons. The molecule has 0 bridgehead atoms. The maximum atomic E-state index is 12.9. The van der Waals surface area contributed by atoms with E-state index in [9.17, 15) is 13.2 Å². The number of hydrogen-bond acceptors (Lipinski definition) is 4. The van der Waals surface area contributed by atoms with E-state index in [1.54, 1.807) is 6.92 Å². The Morgan fingerprint density at radius 1 is 1.32 bits per heavy atom. The molecule has 1 aromatic heterocycles. The van der Waals surface area contributed by atoms with Crippen molar-refractivity contribution in [2.75, 3.05) is 7.11 Å². The van der Waals surface area contributed by atoms with Gasteiger partial charge >= 0.3 is 6.18 Å². The molecule has 1 unspecified atom stereocenters. The van der Waals surface area contributed by atoms with Crippen molar-refractivity contribution in [2.24, 2.45) is 0 Å². The number of methoxy groups -OCH3 is 1. The molecule has 1 rings (SSSR count). The Morgan fingerprint density at radius 3 is 2.32 bits per heavy atom. The molecule has 1 N–H and O–H groups in total. The Kier molecular flexibility index (Phi) is 4.97. The van der Waals surface area contributed by atoms with E-state index in [0.29, 0.717) is 5.01 Å². The molecule has 19 heavy (non-hydrogen) atoms. The number of hydrogen-bond donors (Lipinski definition) is 1. The van der Waals surface area contributed by atoms with Crippen LogP contribution in [0.15, 0.2) is 0 Å². The molecule has 0 spiro atoms. The zero-order chi connectivity index (χ0) is 14.8. The number of alkyl halides is 3. The van der Waals surface area contributed by atoms with Crippen LogP contribution < -0.4 is 5.32 Å². The van der Waals surface area contributed by atoms with E-state index >= 15 is 0 Å². The number of halogens is 3. The SMILES string of the molecule is COC(C)c1nc(C(F)(F)F)c(CNC(C)(C)C)s1. The van der Waals surface area contributed by atoms with Crippen LogP contribution in [0.4, 0.5) is 13.2 Å². The van der Waals surface area contributed by atoms with Gasteiger partial charge in [0.1, 0.15) is 11.1 Å². The minimum absolute atomic E-state index is 0.145. The lowest BCUT2D eigenvalue weighted by Crippen LogP contribution is -2.35. The molecule has 0 amide bonds. The summed E-state index contributed by atoms with van der Waals surface area (Å²) in [5.74, 6) is 0. The monoisotopic (exact) mass is 296 g/mol. The van der Waals surface area contributed by atoms with Crippen LogP contribution in [-0.4, -0.2) is 17.6 Å². The Bertz CT molecular complexity index is 424. The van der Waals surface area contributed by atoms with E-state index < -0.39 is 18.0 Å². The highest BCUT2D eigenvalue weighted by atomic mass is 32.1. The van der Waals surface area contributed by atoms with Gasteiger partial charge in [0, 0.05) is 19.2 Å². The third-order valence-electron chi connectivity index (χ3n) is 2.46. The quantitative estimate of drug-likeness (QED) is 0.918. The second-order valence-corrected chi connectivity index (χ2v) is 6.42. The van der Waals surface area contributed by atoms with Crippen molar-refractivity contribution in [3.8, 4) is 0 Å². The third-order valence-corrected chi connectivity index (χ3v) is 3.68. The van der Waals surface area contributed by atoms with Gasteiger partial charge in [0.05, 0.1) is 4.88 Å². The lowest BCUT2D eigenvalue weighted by atomic mass is 10.1. The van der Waals surface area contributed by atoms with E-state index in [1.807, 2.05) is 20.8 Å². The molecule has 7 heteroatoms. The minimum Gasteiger partial charge on any atom is -0.375 e. The van der Waals surface area contributed by atoms with Crippen molar-refractivity contribution < 1.29 is 17.9 Å². The lowest BCUT2D eigenvalue weighted by molar-refractivity contribution is -0.141. The maximum absolute atomic E-state index is 12.9. The van der Waals surface area contributed by atoms with Crippen LogP contribution in [-0.2, 0) is 17.5 Å². The van der Waals surface area contributed by atoms with Crippen molar-refractivity contribution in [3.63, 3.8) is 0 Å². The number of nitrogens with one attached hydrogen (secondary N) is 1. The molecule has 0 aliphatic carbocycles. The standard InChI is InChI=1S/C12H19F3N2OS/c1-7(18-5)10-17-9(12(13,14)15)8(19-10)6-16-11(2,3)4/h7,16H,6H2,1-5H3. The fourth-order valence-corrected chi connectivity index (χ4v) is 2.39. The predicted molar refractivity (Wildman–Crippen MR) is 69.1 cm³/mol. The first kappa shape index (κ1) is 16.4. The smallest absolute Gasteiger partial charge is 0.375 e. The first-order chi connectivity index (χ1) is 8.54. The average Bonchev–Trinajstić information content (AvgIpc) is 2.68. The highest BCUT2D eigenvalue weighted by Crippen LogP contribution is 2.36. The average molecular weight is 296 g/mol. The summed E-state index contributed by atoms with van der Waals surface area (Å²) in [6, 6.07) is 0. The molecular formula is C12H19F3N2OS. The molecule has 0 radical (unpaired) electrons. The van der Waals surface area contributed by atoms with Gasteiger partial charge in [-0.3, -0.25) is 0 Å². The molecule has 1 atom stereocenters. The van der Waals surface area contributed by atoms with Gasteiger partial charge in [0.2, 0.25) is 0 Å². The Labute approximate surface area is 115 Å². The van der Waals surface area contributed by atoms with E-state index in [4.69, 9.17) is 4.74 Å². The van der Waals surface area contributed by atoms with Gasteiger partial charge in [0.15, 0.2) is 5.69 Å². The summed E-state index contributed by atoms with van der Waals surface area (Å²) in [5.41, 5.74) is -1.06. The molecule has 0 saturated carbocycles. The van der Waals surface area contributed by atoms with Gasteiger partial charge in [-0.2, -0.15) is 13.2 Å². The number of nitrogens with zero attached hydrogens (tertiary/aromatic N) is 1. The van der Waals surface area contributed by atoms with Crippen LogP contribution >= 0.6 is 11.3 Å². The fourth-order valence-electron chi connectivity index (χ4n) is 1.33. The van der Waals surface area contributed by atoms with Gasteiger partial charge in [-0.15, -0.1) is 11.3 Å². The minimum atomic E-state index is -4.43. The summed E-state index contributed by atoms with van der Waals surface area (Å²) in [6.07, 6.45) is -4.87. The molecule has 0 aliphatic heterocycles. The summed E-state index contributed by atoms with van der Waals surface area (Å²) >= 11 is 1.04. The van der Waals surface area contributed by atoms with Crippen LogP contribution in [0, 0.1) is 0 Å². The van der Waals surface area contributed by atoms with E-state index in [-0.39, 0.29) is 17.0 Å². The van der Waals surface area contributed by atoms with Gasteiger partial charge in [-0.1, -0.05) is 0 Å². The maximum Gasteiger partial charge on any atom is 0.434 e. The number of rotatable bonds is 4. The highest BCUT2D eigenvalue weighted by molar-refractivity contribution is 7.11. The summed E-state index contributed by atoms with van der Waals surface area (Å²) in [6.45, 7) is 7.53. The summed E-state index contributed by atoms with van der Waals surface area (Å²) < 4.78 is 43.8. The number of thiazole rings is 1. The van der Waals surface area contributed by atoms with E-state index in [0.717, 1.165) is 11.3 Å². The first-order valence-corrected chi connectivity index (χ1v) is 6.71. The topological polar surface area (TPSA) is 34.1 Å². The second kappa shape index (κ2) is 5.76. The lowest BCUT2D eigenvalue weighted by Gasteiger charge is -2.20. The largest absolute Gasteiger partial charge is 0.434 e. The van der Waals surface area contributed by atoms with E-state index in [1.165, 1.54) is 7.11 Å². The van der Waals surface area contributed by atoms with Crippen LogP contribution in [0.25, 0.3) is 0 Å². The zero-order valence-electron chi connectivity index (χ0n) is 11.7. The molecule has 1 aromatic rings. The van der Waals surface area contributed by atoms with Crippen molar-refractivity contribution in [1.29, 1.82) is 0 Å². The van der Waals surface area contributed by atoms with Crippen molar-refractivity contribution in [1.82, 2.24) is 10.3 Å². The molecule has 0 fully saturated rings. The van der Waals surface area contributed by atoms with Crippen LogP contribution in [0.5, 0.6) is 0 Å². The van der Waals surface area contributed by atoms with Gasteiger partial charge < -0.3 is 10.1 Å². The normalized spacial score (nSPS) is 14.7. The number of aromatic nitrogens is 1. The predicted octanol–water partition coefficient (Wildman–Crippen LogP) is 3.76. The van der Waals surface area contributed by atoms with Crippen molar-refractivity contribution >= 4 is 11.3 Å². The summed E-state index contributed by atoms with van der Waals surface area (Å²) in [4.78, 5) is 3.88. The third kappa shape index (κ3) is 4.74. The summed E-state index contributed by atoms with van der Waals surface area (Å²) in [7, 11) is 1.45. The van der Waals surface area contributed by atoms with Crippen molar-refractivity contribution in [3.05, 3.63) is 15.6 Å². The molecular weight excluding hydrogens is 277 g/mol. The molecule has 0 aliphatic rings. The van der Waals surface area contributed by atoms with E-state index in [2.05, 4.69) is 10.3 Å². The Hall–Kier alpha value is -0.660. The Morgan fingerprint density at radius 2 is 1.89 bits per heavy atom. The van der Waals surface area contributed by atoms with Gasteiger partial charge in [-0.05, 0) is 27.7 Å². The van der Waals surface area contributed by atoms with Crippen LogP contribution in [0.2, 0.25) is 0 Å². The second-order valence-electron chi connectivity index (χ2n) is 5.30.